The molecule has 0 aliphatic heterocycles. The van der Waals surface area contributed by atoms with Crippen LogP contribution in [0.4, 0.5) is 0 Å². The maximum absolute atomic E-state index is 10.5. The van der Waals surface area contributed by atoms with E-state index in [1.807, 2.05) is 0 Å². The van der Waals surface area contributed by atoms with Gasteiger partial charge < -0.3 is 5.11 Å². The predicted octanol–water partition coefficient (Wildman–Crippen LogP) is 3.10. The maximum Gasteiger partial charge on any atom is 0.306 e. The molecular formula is C10H19ClO2. The lowest BCUT2D eigenvalue weighted by Crippen LogP contribution is -2.30. The summed E-state index contributed by atoms with van der Waals surface area (Å²) in [5.41, 5.74) is 0. The van der Waals surface area contributed by atoms with E-state index in [9.17, 15) is 4.79 Å². The van der Waals surface area contributed by atoms with E-state index in [1.54, 1.807) is 0 Å². The summed E-state index contributed by atoms with van der Waals surface area (Å²) in [6.45, 7) is 2.20. The number of carboxylic acids is 1. The van der Waals surface area contributed by atoms with E-state index in [2.05, 4.69) is 6.92 Å². The Morgan fingerprint density at radius 1 is 1.38 bits per heavy atom. The van der Waals surface area contributed by atoms with Crippen molar-refractivity contribution in [2.24, 2.45) is 11.8 Å². The molecule has 0 aromatic heterocycles. The third kappa shape index (κ3) is 3.99. The van der Waals surface area contributed by atoms with Crippen LogP contribution >= 0.6 is 12.4 Å². The number of aliphatic carboxylic acids is 1. The highest BCUT2D eigenvalue weighted by molar-refractivity contribution is 5.85. The maximum atomic E-state index is 10.5. The van der Waals surface area contributed by atoms with E-state index in [-0.39, 0.29) is 18.3 Å². The molecule has 3 heteroatoms. The Bertz CT molecular complexity index is 153. The fourth-order valence-corrected chi connectivity index (χ4v) is 1.86. The Kier molecular flexibility index (Phi) is 6.13. The van der Waals surface area contributed by atoms with Gasteiger partial charge >= 0.3 is 5.97 Å². The van der Waals surface area contributed by atoms with Crippen LogP contribution in [0.5, 0.6) is 0 Å². The molecular weight excluding hydrogens is 188 g/mol. The molecule has 0 amide bonds. The number of hydrogen-bond acceptors (Lipinski definition) is 1. The molecule has 0 radical (unpaired) electrons. The van der Waals surface area contributed by atoms with Gasteiger partial charge in [-0.3, -0.25) is 4.79 Å². The first kappa shape index (κ1) is 12.8. The minimum atomic E-state index is -0.596. The van der Waals surface area contributed by atoms with Gasteiger partial charge in [-0.2, -0.15) is 0 Å². The molecule has 1 N–H and O–H groups in total. The van der Waals surface area contributed by atoms with E-state index < -0.39 is 5.97 Å². The summed E-state index contributed by atoms with van der Waals surface area (Å²) in [6.07, 6.45) is 6.95. The topological polar surface area (TPSA) is 37.3 Å². The van der Waals surface area contributed by atoms with Crippen LogP contribution in [0.3, 0.4) is 0 Å². The first-order chi connectivity index (χ1) is 5.74. The van der Waals surface area contributed by atoms with Crippen molar-refractivity contribution < 1.29 is 9.90 Å². The van der Waals surface area contributed by atoms with Crippen LogP contribution in [0, 0.1) is 11.8 Å². The average Bonchev–Trinajstić information content (AvgIpc) is 1.93. The summed E-state index contributed by atoms with van der Waals surface area (Å²) in [5.74, 6) is 0.107. The smallest absolute Gasteiger partial charge is 0.306 e. The molecule has 78 valence electrons. The van der Waals surface area contributed by atoms with Gasteiger partial charge in [-0.05, 0) is 18.8 Å². The van der Waals surface area contributed by atoms with E-state index in [1.165, 1.54) is 25.7 Å². The summed E-state index contributed by atoms with van der Waals surface area (Å²) in [6, 6.07) is 0. The van der Waals surface area contributed by atoms with E-state index in [4.69, 9.17) is 5.11 Å². The highest BCUT2D eigenvalue weighted by atomic mass is 35.5. The molecule has 0 unspecified atom stereocenters. The minimum Gasteiger partial charge on any atom is -0.481 e. The Morgan fingerprint density at radius 3 is 2.46 bits per heavy atom. The van der Waals surface area contributed by atoms with Crippen LogP contribution in [0.2, 0.25) is 0 Å². The standard InChI is InChI=1S/C10H18O2.ClH/c1-2-3-4-5-8-6-9(7-8)10(11)12;/h8-9H,2-7H2,1H3,(H,11,12);1H. The molecule has 1 saturated carbocycles. The van der Waals surface area contributed by atoms with Gasteiger partial charge in [0.2, 0.25) is 0 Å². The van der Waals surface area contributed by atoms with E-state index in [0.717, 1.165) is 18.8 Å². The summed E-state index contributed by atoms with van der Waals surface area (Å²) in [5, 5.41) is 8.62. The number of carboxylic acid groups (broad SMARTS) is 1. The summed E-state index contributed by atoms with van der Waals surface area (Å²) >= 11 is 0. The molecule has 0 bridgehead atoms. The van der Waals surface area contributed by atoms with Crippen molar-refractivity contribution in [2.45, 2.75) is 45.4 Å². The Hall–Kier alpha value is -0.240. The fraction of sp³-hybridized carbons (Fsp3) is 0.900. The lowest BCUT2D eigenvalue weighted by Gasteiger charge is -2.32. The molecule has 0 heterocycles. The molecule has 0 aromatic carbocycles. The first-order valence-corrected chi connectivity index (χ1v) is 4.96. The molecule has 2 nitrogen and oxygen atoms in total. The highest BCUT2D eigenvalue weighted by Gasteiger charge is 2.33. The fourth-order valence-electron chi connectivity index (χ4n) is 1.86. The largest absolute Gasteiger partial charge is 0.481 e. The summed E-state index contributed by atoms with van der Waals surface area (Å²) in [4.78, 5) is 10.5. The normalized spacial score (nSPS) is 25.9. The van der Waals surface area contributed by atoms with Gasteiger partial charge in [0.15, 0.2) is 0 Å². The average molecular weight is 207 g/mol. The van der Waals surface area contributed by atoms with Gasteiger partial charge in [-0.15, -0.1) is 12.4 Å². The molecule has 13 heavy (non-hydrogen) atoms. The number of carbonyl (C=O) groups is 1. The zero-order valence-corrected chi connectivity index (χ0v) is 8.98. The molecule has 0 aromatic rings. The lowest BCUT2D eigenvalue weighted by atomic mass is 9.72. The molecule has 1 aliphatic carbocycles. The zero-order chi connectivity index (χ0) is 8.97. The second-order valence-electron chi connectivity index (χ2n) is 3.87. The van der Waals surface area contributed by atoms with Gasteiger partial charge in [-0.25, -0.2) is 0 Å². The first-order valence-electron chi connectivity index (χ1n) is 4.96. The molecule has 1 fully saturated rings. The van der Waals surface area contributed by atoms with E-state index in [0.29, 0.717) is 0 Å². The molecule has 0 saturated heterocycles. The molecule has 1 aliphatic rings. The van der Waals surface area contributed by atoms with Gasteiger partial charge in [0.25, 0.3) is 0 Å². The summed E-state index contributed by atoms with van der Waals surface area (Å²) < 4.78 is 0. The monoisotopic (exact) mass is 206 g/mol. The third-order valence-corrected chi connectivity index (χ3v) is 2.80. The van der Waals surface area contributed by atoms with Gasteiger partial charge in [0.1, 0.15) is 0 Å². The van der Waals surface area contributed by atoms with Crippen molar-refractivity contribution in [2.75, 3.05) is 0 Å². The van der Waals surface area contributed by atoms with Crippen molar-refractivity contribution in [1.29, 1.82) is 0 Å². The number of halogens is 1. The summed E-state index contributed by atoms with van der Waals surface area (Å²) in [7, 11) is 0. The highest BCUT2D eigenvalue weighted by Crippen LogP contribution is 2.37. The van der Waals surface area contributed by atoms with Crippen molar-refractivity contribution >= 4 is 18.4 Å². The Labute approximate surface area is 86.1 Å². The van der Waals surface area contributed by atoms with E-state index >= 15 is 0 Å². The Balaban J connectivity index is 0.00000144. The number of unbranched alkanes of at least 4 members (excludes halogenated alkanes) is 2. The van der Waals surface area contributed by atoms with Crippen LogP contribution < -0.4 is 0 Å². The molecule has 0 atom stereocenters. The van der Waals surface area contributed by atoms with Crippen molar-refractivity contribution in [3.63, 3.8) is 0 Å². The molecule has 0 spiro atoms. The van der Waals surface area contributed by atoms with Gasteiger partial charge in [0, 0.05) is 0 Å². The van der Waals surface area contributed by atoms with Gasteiger partial charge in [-0.1, -0.05) is 32.6 Å². The van der Waals surface area contributed by atoms with Crippen LogP contribution in [0.1, 0.15) is 45.4 Å². The third-order valence-electron chi connectivity index (χ3n) is 2.80. The Morgan fingerprint density at radius 2 is 2.00 bits per heavy atom. The second-order valence-corrected chi connectivity index (χ2v) is 3.87. The van der Waals surface area contributed by atoms with Crippen LogP contribution in [0.15, 0.2) is 0 Å². The SMILES string of the molecule is CCCCCC1CC(C(=O)O)C1.Cl. The predicted molar refractivity (Wildman–Crippen MR) is 55.2 cm³/mol. The molecule has 1 rings (SSSR count). The lowest BCUT2D eigenvalue weighted by molar-refractivity contribution is -0.146. The number of rotatable bonds is 5. The van der Waals surface area contributed by atoms with Crippen molar-refractivity contribution in [3.05, 3.63) is 0 Å². The van der Waals surface area contributed by atoms with Gasteiger partial charge in [0.05, 0.1) is 5.92 Å². The zero-order valence-electron chi connectivity index (χ0n) is 8.16. The van der Waals surface area contributed by atoms with Crippen LogP contribution in [-0.2, 0) is 4.79 Å². The quantitative estimate of drug-likeness (QED) is 0.702. The van der Waals surface area contributed by atoms with Crippen molar-refractivity contribution in [1.82, 2.24) is 0 Å². The number of hydrogen-bond donors (Lipinski definition) is 1. The second kappa shape index (κ2) is 6.25. The van der Waals surface area contributed by atoms with Crippen LogP contribution in [0.25, 0.3) is 0 Å². The van der Waals surface area contributed by atoms with Crippen LogP contribution in [-0.4, -0.2) is 11.1 Å². The minimum absolute atomic E-state index is 0. The van der Waals surface area contributed by atoms with Crippen molar-refractivity contribution in [3.8, 4) is 0 Å².